The molecule has 2 fully saturated rings. The molecule has 0 radical (unpaired) electrons. The van der Waals surface area contributed by atoms with Crippen molar-refractivity contribution in [3.8, 4) is 0 Å². The first-order chi connectivity index (χ1) is 16.5. The molecule has 2 aliphatic rings. The van der Waals surface area contributed by atoms with Gasteiger partial charge in [0.05, 0.1) is 24.1 Å². The standard InChI is InChI=1S/C25H31N7O2/c1-5-34-17(3)22-16(2)20-15-27-25(29-23(20)32(24(22)33)18-6-7-18)28-21-9-8-19(14-26-21)31-12-10-30(4)11-13-31/h8-9,14-15,18H,3,5-7,10-13H2,1-2,4H3,(H,26,27,28,29). The van der Waals surface area contributed by atoms with Crippen molar-refractivity contribution in [3.05, 3.63) is 52.6 Å². The van der Waals surface area contributed by atoms with Gasteiger partial charge in [-0.05, 0) is 51.4 Å². The van der Waals surface area contributed by atoms with Crippen LogP contribution in [0.15, 0.2) is 35.9 Å². The maximum atomic E-state index is 13.4. The van der Waals surface area contributed by atoms with Gasteiger partial charge in [0.25, 0.3) is 5.56 Å². The summed E-state index contributed by atoms with van der Waals surface area (Å²) >= 11 is 0. The second-order valence-corrected chi connectivity index (χ2v) is 9.01. The van der Waals surface area contributed by atoms with Gasteiger partial charge in [0.2, 0.25) is 5.95 Å². The Morgan fingerprint density at radius 3 is 2.59 bits per heavy atom. The van der Waals surface area contributed by atoms with Gasteiger partial charge >= 0.3 is 0 Å². The molecular weight excluding hydrogens is 430 g/mol. The minimum absolute atomic E-state index is 0.106. The summed E-state index contributed by atoms with van der Waals surface area (Å²) in [6, 6.07) is 4.15. The zero-order chi connectivity index (χ0) is 23.8. The van der Waals surface area contributed by atoms with Crippen LogP contribution in [0.5, 0.6) is 0 Å². The van der Waals surface area contributed by atoms with Crippen LogP contribution in [0.3, 0.4) is 0 Å². The molecule has 4 heterocycles. The Balaban J connectivity index is 1.45. The fourth-order valence-electron chi connectivity index (χ4n) is 4.47. The largest absolute Gasteiger partial charge is 0.494 e. The van der Waals surface area contributed by atoms with Crippen LogP contribution in [0.1, 0.15) is 36.9 Å². The smallest absolute Gasteiger partial charge is 0.263 e. The molecule has 0 amide bonds. The first kappa shape index (κ1) is 22.3. The molecule has 178 valence electrons. The zero-order valence-corrected chi connectivity index (χ0v) is 20.0. The number of nitrogens with one attached hydrogen (secondary N) is 1. The number of ether oxygens (including phenoxy) is 1. The van der Waals surface area contributed by atoms with E-state index in [4.69, 9.17) is 9.72 Å². The molecule has 1 aliphatic carbocycles. The Labute approximate surface area is 199 Å². The normalized spacial score (nSPS) is 16.6. The van der Waals surface area contributed by atoms with Crippen molar-refractivity contribution in [3.63, 3.8) is 0 Å². The van der Waals surface area contributed by atoms with Crippen molar-refractivity contribution in [2.24, 2.45) is 0 Å². The Morgan fingerprint density at radius 2 is 1.94 bits per heavy atom. The number of aryl methyl sites for hydroxylation is 1. The van der Waals surface area contributed by atoms with Crippen LogP contribution >= 0.6 is 0 Å². The van der Waals surface area contributed by atoms with Gasteiger partial charge in [-0.25, -0.2) is 9.97 Å². The molecule has 9 heteroatoms. The lowest BCUT2D eigenvalue weighted by molar-refractivity contribution is 0.298. The molecule has 0 spiro atoms. The third kappa shape index (κ3) is 4.23. The highest BCUT2D eigenvalue weighted by molar-refractivity contribution is 5.84. The number of nitrogens with zero attached hydrogens (tertiary/aromatic N) is 6. The van der Waals surface area contributed by atoms with Crippen LogP contribution in [0.2, 0.25) is 0 Å². The van der Waals surface area contributed by atoms with E-state index < -0.39 is 0 Å². The maximum Gasteiger partial charge on any atom is 0.263 e. The van der Waals surface area contributed by atoms with Gasteiger partial charge in [-0.2, -0.15) is 4.98 Å². The molecule has 0 atom stereocenters. The van der Waals surface area contributed by atoms with E-state index in [1.165, 1.54) is 0 Å². The zero-order valence-electron chi connectivity index (χ0n) is 20.0. The summed E-state index contributed by atoms with van der Waals surface area (Å²) in [7, 11) is 2.15. The molecule has 3 aromatic heterocycles. The molecular formula is C25H31N7O2. The number of hydrogen-bond acceptors (Lipinski definition) is 8. The van der Waals surface area contributed by atoms with Gasteiger partial charge in [0, 0.05) is 43.8 Å². The van der Waals surface area contributed by atoms with Crippen molar-refractivity contribution in [2.75, 3.05) is 50.1 Å². The van der Waals surface area contributed by atoms with Crippen molar-refractivity contribution >= 4 is 34.2 Å². The average Bonchev–Trinajstić information content (AvgIpc) is 3.66. The van der Waals surface area contributed by atoms with Crippen LogP contribution in [-0.2, 0) is 4.74 Å². The summed E-state index contributed by atoms with van der Waals surface area (Å²) in [5.74, 6) is 1.47. The summed E-state index contributed by atoms with van der Waals surface area (Å²) in [5.41, 5.74) is 2.93. The predicted molar refractivity (Wildman–Crippen MR) is 135 cm³/mol. The number of likely N-dealkylation sites (N-methyl/N-ethyl adjacent to an activating group) is 1. The van der Waals surface area contributed by atoms with Gasteiger partial charge < -0.3 is 19.9 Å². The number of aromatic nitrogens is 4. The molecule has 5 rings (SSSR count). The lowest BCUT2D eigenvalue weighted by Crippen LogP contribution is -2.44. The number of anilines is 3. The number of rotatable bonds is 7. The van der Waals surface area contributed by atoms with E-state index in [1.54, 1.807) is 10.8 Å². The minimum Gasteiger partial charge on any atom is -0.494 e. The number of piperazine rings is 1. The molecule has 0 unspecified atom stereocenters. The van der Waals surface area contributed by atoms with Gasteiger partial charge in [-0.3, -0.25) is 9.36 Å². The topological polar surface area (TPSA) is 88.4 Å². The molecule has 1 saturated heterocycles. The van der Waals surface area contributed by atoms with E-state index in [-0.39, 0.29) is 11.6 Å². The van der Waals surface area contributed by atoms with Crippen molar-refractivity contribution in [1.29, 1.82) is 0 Å². The monoisotopic (exact) mass is 461 g/mol. The lowest BCUT2D eigenvalue weighted by atomic mass is 10.1. The van der Waals surface area contributed by atoms with E-state index >= 15 is 0 Å². The summed E-state index contributed by atoms with van der Waals surface area (Å²) in [6.07, 6.45) is 5.56. The Morgan fingerprint density at radius 1 is 1.18 bits per heavy atom. The second-order valence-electron chi connectivity index (χ2n) is 9.01. The van der Waals surface area contributed by atoms with Crippen LogP contribution in [0, 0.1) is 6.92 Å². The number of hydrogen-bond donors (Lipinski definition) is 1. The van der Waals surface area contributed by atoms with Gasteiger partial charge in [-0.1, -0.05) is 6.58 Å². The van der Waals surface area contributed by atoms with Crippen molar-refractivity contribution in [1.82, 2.24) is 24.4 Å². The first-order valence-corrected chi connectivity index (χ1v) is 11.9. The van der Waals surface area contributed by atoms with E-state index in [0.717, 1.165) is 55.7 Å². The van der Waals surface area contributed by atoms with E-state index in [1.807, 2.05) is 26.1 Å². The van der Waals surface area contributed by atoms with Crippen molar-refractivity contribution in [2.45, 2.75) is 32.7 Å². The third-order valence-electron chi connectivity index (χ3n) is 6.57. The Kier molecular flexibility index (Phi) is 5.95. The Bertz CT molecular complexity index is 1270. The van der Waals surface area contributed by atoms with Crippen LogP contribution < -0.4 is 15.8 Å². The van der Waals surface area contributed by atoms with E-state index in [9.17, 15) is 4.79 Å². The van der Waals surface area contributed by atoms with Crippen LogP contribution in [0.25, 0.3) is 16.8 Å². The number of pyridine rings is 2. The molecule has 1 N–H and O–H groups in total. The molecule has 34 heavy (non-hydrogen) atoms. The van der Waals surface area contributed by atoms with Gasteiger partial charge in [-0.15, -0.1) is 0 Å². The highest BCUT2D eigenvalue weighted by Gasteiger charge is 2.30. The number of fused-ring (bicyclic) bond motifs is 1. The first-order valence-electron chi connectivity index (χ1n) is 11.9. The molecule has 9 nitrogen and oxygen atoms in total. The SMILES string of the molecule is C=C(OCC)c1c(C)c2cnc(Nc3ccc(N4CCN(C)CC4)cn3)nc2n(C2CC2)c1=O. The van der Waals surface area contributed by atoms with Gasteiger partial charge in [0.15, 0.2) is 0 Å². The summed E-state index contributed by atoms with van der Waals surface area (Å²) in [5, 5.41) is 4.02. The highest BCUT2D eigenvalue weighted by Crippen LogP contribution is 2.37. The fourth-order valence-corrected chi connectivity index (χ4v) is 4.47. The average molecular weight is 462 g/mol. The lowest BCUT2D eigenvalue weighted by Gasteiger charge is -2.33. The van der Waals surface area contributed by atoms with Crippen LogP contribution in [-0.4, -0.2) is 64.3 Å². The fraction of sp³-hybridized carbons (Fsp3) is 0.440. The maximum absolute atomic E-state index is 13.4. The Hall–Kier alpha value is -3.46. The second kappa shape index (κ2) is 9.06. The molecule has 1 saturated carbocycles. The molecule has 0 aromatic carbocycles. The van der Waals surface area contributed by atoms with Gasteiger partial charge in [0.1, 0.15) is 17.2 Å². The van der Waals surface area contributed by atoms with E-state index in [0.29, 0.717) is 35.3 Å². The van der Waals surface area contributed by atoms with Crippen molar-refractivity contribution < 1.29 is 4.74 Å². The molecule has 0 bridgehead atoms. The quantitative estimate of drug-likeness (QED) is 0.536. The van der Waals surface area contributed by atoms with E-state index in [2.05, 4.69) is 44.8 Å². The van der Waals surface area contributed by atoms with Crippen LogP contribution in [0.4, 0.5) is 17.5 Å². The third-order valence-corrected chi connectivity index (χ3v) is 6.57. The molecule has 3 aromatic rings. The summed E-state index contributed by atoms with van der Waals surface area (Å²) in [6.45, 7) is 12.3. The summed E-state index contributed by atoms with van der Waals surface area (Å²) < 4.78 is 7.36. The predicted octanol–water partition coefficient (Wildman–Crippen LogP) is 3.33. The highest BCUT2D eigenvalue weighted by atomic mass is 16.5. The minimum atomic E-state index is -0.106. The molecule has 1 aliphatic heterocycles. The summed E-state index contributed by atoms with van der Waals surface area (Å²) in [4.78, 5) is 31.9.